The van der Waals surface area contributed by atoms with Crippen LogP contribution in [0.3, 0.4) is 0 Å². The van der Waals surface area contributed by atoms with Crippen LogP contribution in [0.5, 0.6) is 0 Å². The average molecular weight is 214 g/mol. The van der Waals surface area contributed by atoms with E-state index in [2.05, 4.69) is 13.8 Å². The van der Waals surface area contributed by atoms with E-state index in [0.29, 0.717) is 13.2 Å². The molecule has 0 unspecified atom stereocenters. The Morgan fingerprint density at radius 1 is 1.53 bits per heavy atom. The molecule has 0 saturated carbocycles. The Hall–Kier alpha value is -0.570. The van der Waals surface area contributed by atoms with Crippen LogP contribution in [0.2, 0.25) is 0 Å². The molecule has 1 aliphatic rings. The number of methoxy groups -OCH3 is 1. The molecule has 3 nitrogen and oxygen atoms in total. The number of rotatable bonds is 5. The number of carbonyl (C=O) groups excluding carboxylic acids is 1. The molecule has 0 bridgehead atoms. The zero-order valence-corrected chi connectivity index (χ0v) is 10.0. The fraction of sp³-hybridized carbons (Fsp3) is 0.917. The van der Waals surface area contributed by atoms with Crippen LogP contribution in [0.15, 0.2) is 0 Å². The van der Waals surface area contributed by atoms with Gasteiger partial charge in [-0.3, -0.25) is 4.79 Å². The Bertz CT molecular complexity index is 215. The summed E-state index contributed by atoms with van der Waals surface area (Å²) in [6.45, 7) is 5.46. The van der Waals surface area contributed by atoms with Crippen molar-refractivity contribution < 1.29 is 14.3 Å². The van der Waals surface area contributed by atoms with Crippen LogP contribution < -0.4 is 0 Å². The van der Waals surface area contributed by atoms with Crippen molar-refractivity contribution in [3.05, 3.63) is 0 Å². The lowest BCUT2D eigenvalue weighted by Gasteiger charge is -2.28. The summed E-state index contributed by atoms with van der Waals surface area (Å²) in [6.07, 6.45) is 4.33. The molecule has 0 amide bonds. The standard InChI is InChI=1S/C12H22O3/c1-4-5-6-7-12(11(13)14-3)9-15-8-10(12)2/h10H,4-9H2,1-3H3/t10-,12+/m1/s1. The fourth-order valence-electron chi connectivity index (χ4n) is 2.29. The first kappa shape index (κ1) is 12.5. The molecule has 0 spiro atoms. The number of hydrogen-bond acceptors (Lipinski definition) is 3. The van der Waals surface area contributed by atoms with E-state index in [4.69, 9.17) is 9.47 Å². The number of hydrogen-bond donors (Lipinski definition) is 0. The van der Waals surface area contributed by atoms with Crippen molar-refractivity contribution in [3.8, 4) is 0 Å². The van der Waals surface area contributed by atoms with Gasteiger partial charge in [0.25, 0.3) is 0 Å². The summed E-state index contributed by atoms with van der Waals surface area (Å²) in [5, 5.41) is 0. The first-order chi connectivity index (χ1) is 7.17. The lowest BCUT2D eigenvalue weighted by Crippen LogP contribution is -2.38. The summed E-state index contributed by atoms with van der Waals surface area (Å²) >= 11 is 0. The van der Waals surface area contributed by atoms with E-state index in [9.17, 15) is 4.79 Å². The molecule has 15 heavy (non-hydrogen) atoms. The minimum Gasteiger partial charge on any atom is -0.469 e. The van der Waals surface area contributed by atoms with Crippen molar-refractivity contribution in [2.75, 3.05) is 20.3 Å². The van der Waals surface area contributed by atoms with Crippen molar-refractivity contribution in [3.63, 3.8) is 0 Å². The molecule has 0 aromatic heterocycles. The molecule has 88 valence electrons. The molecular weight excluding hydrogens is 192 g/mol. The molecule has 0 aromatic rings. The maximum absolute atomic E-state index is 11.8. The van der Waals surface area contributed by atoms with Crippen molar-refractivity contribution in [2.45, 2.75) is 39.5 Å². The Labute approximate surface area is 92.1 Å². The average Bonchev–Trinajstić information content (AvgIpc) is 2.61. The van der Waals surface area contributed by atoms with E-state index < -0.39 is 0 Å². The van der Waals surface area contributed by atoms with Gasteiger partial charge in [0, 0.05) is 0 Å². The van der Waals surface area contributed by atoms with E-state index >= 15 is 0 Å². The Morgan fingerprint density at radius 3 is 2.73 bits per heavy atom. The fourth-order valence-corrected chi connectivity index (χ4v) is 2.29. The van der Waals surface area contributed by atoms with Gasteiger partial charge < -0.3 is 9.47 Å². The lowest BCUT2D eigenvalue weighted by atomic mass is 9.75. The minimum absolute atomic E-state index is 0.0939. The molecule has 0 aliphatic carbocycles. The smallest absolute Gasteiger partial charge is 0.314 e. The highest BCUT2D eigenvalue weighted by Crippen LogP contribution is 2.40. The predicted molar refractivity (Wildman–Crippen MR) is 58.6 cm³/mol. The van der Waals surface area contributed by atoms with Gasteiger partial charge in [0.15, 0.2) is 0 Å². The van der Waals surface area contributed by atoms with Crippen molar-refractivity contribution in [1.29, 1.82) is 0 Å². The topological polar surface area (TPSA) is 35.5 Å². The van der Waals surface area contributed by atoms with Gasteiger partial charge in [-0.25, -0.2) is 0 Å². The van der Waals surface area contributed by atoms with Crippen LogP contribution in [0, 0.1) is 11.3 Å². The molecule has 1 fully saturated rings. The van der Waals surface area contributed by atoms with Gasteiger partial charge in [0.1, 0.15) is 0 Å². The van der Waals surface area contributed by atoms with Gasteiger partial charge in [-0.2, -0.15) is 0 Å². The van der Waals surface area contributed by atoms with Gasteiger partial charge >= 0.3 is 5.97 Å². The molecule has 1 rings (SSSR count). The summed E-state index contributed by atoms with van der Waals surface area (Å²) in [7, 11) is 1.47. The van der Waals surface area contributed by atoms with E-state index in [0.717, 1.165) is 12.8 Å². The van der Waals surface area contributed by atoms with E-state index in [1.807, 2.05) is 0 Å². The second kappa shape index (κ2) is 5.50. The summed E-state index contributed by atoms with van der Waals surface area (Å²) < 4.78 is 10.3. The van der Waals surface area contributed by atoms with Crippen LogP contribution in [0.1, 0.15) is 39.5 Å². The third-order valence-corrected chi connectivity index (χ3v) is 3.49. The number of esters is 1. The third kappa shape index (κ3) is 2.51. The minimum atomic E-state index is -0.371. The van der Waals surface area contributed by atoms with Crippen LogP contribution in [0.25, 0.3) is 0 Å². The summed E-state index contributed by atoms with van der Waals surface area (Å²) in [5.74, 6) is 0.186. The SMILES string of the molecule is CCCCC[C@]1(C(=O)OC)COC[C@H]1C. The van der Waals surface area contributed by atoms with E-state index in [1.54, 1.807) is 0 Å². The Morgan fingerprint density at radius 2 is 2.27 bits per heavy atom. The number of unbranched alkanes of at least 4 members (excludes halogenated alkanes) is 2. The Kier molecular flexibility index (Phi) is 4.58. The highest BCUT2D eigenvalue weighted by Gasteiger charge is 2.48. The summed E-state index contributed by atoms with van der Waals surface area (Å²) in [6, 6.07) is 0. The third-order valence-electron chi connectivity index (χ3n) is 3.49. The molecule has 0 radical (unpaired) electrons. The normalized spacial score (nSPS) is 30.5. The van der Waals surface area contributed by atoms with Crippen LogP contribution >= 0.6 is 0 Å². The van der Waals surface area contributed by atoms with Gasteiger partial charge in [-0.15, -0.1) is 0 Å². The molecule has 1 aliphatic heterocycles. The highest BCUT2D eigenvalue weighted by atomic mass is 16.5. The lowest BCUT2D eigenvalue weighted by molar-refractivity contribution is -0.155. The zero-order valence-electron chi connectivity index (χ0n) is 10.0. The van der Waals surface area contributed by atoms with Crippen LogP contribution in [-0.4, -0.2) is 26.3 Å². The molecule has 0 N–H and O–H groups in total. The first-order valence-corrected chi connectivity index (χ1v) is 5.83. The quantitative estimate of drug-likeness (QED) is 0.520. The first-order valence-electron chi connectivity index (χ1n) is 5.83. The summed E-state index contributed by atoms with van der Waals surface area (Å²) in [5.41, 5.74) is -0.371. The maximum Gasteiger partial charge on any atom is 0.314 e. The molecule has 1 saturated heterocycles. The zero-order chi connectivity index (χ0) is 11.3. The monoisotopic (exact) mass is 214 g/mol. The maximum atomic E-state index is 11.8. The molecule has 2 atom stereocenters. The van der Waals surface area contributed by atoms with Gasteiger partial charge in [-0.05, 0) is 12.3 Å². The second-order valence-electron chi connectivity index (χ2n) is 4.52. The number of carbonyl (C=O) groups is 1. The van der Waals surface area contributed by atoms with Gasteiger partial charge in [0.05, 0.1) is 25.7 Å². The van der Waals surface area contributed by atoms with E-state index in [-0.39, 0.29) is 17.3 Å². The van der Waals surface area contributed by atoms with Crippen LogP contribution in [-0.2, 0) is 14.3 Å². The molecule has 1 heterocycles. The Balaban J connectivity index is 2.64. The molecule has 3 heteroatoms. The molecule has 0 aromatic carbocycles. The molecular formula is C12H22O3. The van der Waals surface area contributed by atoms with Gasteiger partial charge in [0.2, 0.25) is 0 Å². The van der Waals surface area contributed by atoms with Crippen molar-refractivity contribution in [1.82, 2.24) is 0 Å². The van der Waals surface area contributed by atoms with Crippen molar-refractivity contribution in [2.24, 2.45) is 11.3 Å². The van der Waals surface area contributed by atoms with Gasteiger partial charge in [-0.1, -0.05) is 33.1 Å². The highest BCUT2D eigenvalue weighted by molar-refractivity contribution is 5.77. The largest absolute Gasteiger partial charge is 0.469 e. The van der Waals surface area contributed by atoms with Crippen LogP contribution in [0.4, 0.5) is 0 Å². The second-order valence-corrected chi connectivity index (χ2v) is 4.52. The van der Waals surface area contributed by atoms with Crippen molar-refractivity contribution >= 4 is 5.97 Å². The number of ether oxygens (including phenoxy) is 2. The van der Waals surface area contributed by atoms with E-state index in [1.165, 1.54) is 20.0 Å². The summed E-state index contributed by atoms with van der Waals surface area (Å²) in [4.78, 5) is 11.8. The predicted octanol–water partition coefficient (Wildman–Crippen LogP) is 2.39.